The van der Waals surface area contributed by atoms with Gasteiger partial charge in [0.05, 0.1) is 0 Å². The highest BCUT2D eigenvalue weighted by Crippen LogP contribution is 2.64. The molecular formula is C14H7F17N2O. The second kappa shape index (κ2) is 7.85. The lowest BCUT2D eigenvalue weighted by Crippen LogP contribution is -2.74. The molecule has 0 spiro atoms. The SMILES string of the molecule is CCC(=O)c1nc(C(F)(F)C(F)(F)C(F)(F)C(F)(F)C(F)(F)C(F)(F)C(F)(F)C(F)(F)F)c[nH]1. The minimum absolute atomic E-state index is 0.463. The second-order valence-corrected chi connectivity index (χ2v) is 6.43. The maximum absolute atomic E-state index is 13.9. The number of hydrogen-bond acceptors (Lipinski definition) is 2. The maximum atomic E-state index is 13.9. The molecule has 3 nitrogen and oxygen atoms in total. The molecule has 0 radical (unpaired) electrons. The number of aromatic nitrogens is 2. The van der Waals surface area contributed by atoms with E-state index >= 15 is 0 Å². The van der Waals surface area contributed by atoms with Crippen molar-refractivity contribution in [2.45, 2.75) is 61.0 Å². The van der Waals surface area contributed by atoms with E-state index < -0.39 is 77.6 Å². The van der Waals surface area contributed by atoms with E-state index in [1.54, 1.807) is 0 Å². The fraction of sp³-hybridized carbons (Fsp3) is 0.714. The van der Waals surface area contributed by atoms with E-state index in [1.807, 2.05) is 0 Å². The van der Waals surface area contributed by atoms with Gasteiger partial charge in [-0.05, 0) is 0 Å². The van der Waals surface area contributed by atoms with Crippen molar-refractivity contribution in [1.29, 1.82) is 0 Å². The predicted molar refractivity (Wildman–Crippen MR) is 72.8 cm³/mol. The first-order valence-corrected chi connectivity index (χ1v) is 8.00. The number of H-pyrrole nitrogens is 1. The number of rotatable bonds is 9. The van der Waals surface area contributed by atoms with Gasteiger partial charge >= 0.3 is 47.6 Å². The van der Waals surface area contributed by atoms with Gasteiger partial charge in [-0.15, -0.1) is 0 Å². The van der Waals surface area contributed by atoms with Crippen LogP contribution in [0, 0.1) is 0 Å². The summed E-state index contributed by atoms with van der Waals surface area (Å²) < 4.78 is 224. The molecule has 0 amide bonds. The van der Waals surface area contributed by atoms with Gasteiger partial charge in [0.15, 0.2) is 11.6 Å². The minimum Gasteiger partial charge on any atom is -0.342 e. The van der Waals surface area contributed by atoms with E-state index in [9.17, 15) is 79.4 Å². The third-order valence-electron chi connectivity index (χ3n) is 4.21. The highest BCUT2D eigenvalue weighted by atomic mass is 19.4. The van der Waals surface area contributed by atoms with Gasteiger partial charge in [0.2, 0.25) is 0 Å². The quantitative estimate of drug-likeness (QED) is 0.288. The number of Topliss-reactive ketones (excluding diaryl/α,β-unsaturated/α-hetero) is 1. The third-order valence-corrected chi connectivity index (χ3v) is 4.21. The van der Waals surface area contributed by atoms with E-state index in [2.05, 4.69) is 4.98 Å². The molecule has 0 aliphatic carbocycles. The van der Waals surface area contributed by atoms with Crippen molar-refractivity contribution in [3.05, 3.63) is 17.7 Å². The zero-order valence-corrected chi connectivity index (χ0v) is 15.6. The van der Waals surface area contributed by atoms with Crippen LogP contribution in [0.2, 0.25) is 0 Å². The van der Waals surface area contributed by atoms with Crippen molar-refractivity contribution >= 4 is 5.78 Å². The molecule has 0 saturated heterocycles. The molecule has 34 heavy (non-hydrogen) atoms. The van der Waals surface area contributed by atoms with E-state index in [0.717, 1.165) is 6.92 Å². The number of aromatic amines is 1. The molecule has 1 rings (SSSR count). The first-order chi connectivity index (χ1) is 14.7. The first-order valence-electron chi connectivity index (χ1n) is 8.00. The summed E-state index contributed by atoms with van der Waals surface area (Å²) in [6.07, 6.45) is -8.86. The highest BCUT2D eigenvalue weighted by molar-refractivity contribution is 5.92. The summed E-state index contributed by atoms with van der Waals surface area (Å²) in [4.78, 5) is 15.0. The lowest BCUT2D eigenvalue weighted by molar-refractivity contribution is -0.462. The molecule has 0 bridgehead atoms. The van der Waals surface area contributed by atoms with Crippen molar-refractivity contribution in [3.63, 3.8) is 0 Å². The molecule has 0 aliphatic rings. The molecule has 20 heteroatoms. The Balaban J connectivity index is 3.68. The van der Waals surface area contributed by atoms with Crippen molar-refractivity contribution in [3.8, 4) is 0 Å². The number of nitrogens with one attached hydrogen (secondary N) is 1. The average Bonchev–Trinajstić information content (AvgIpc) is 3.16. The third kappa shape index (κ3) is 3.66. The van der Waals surface area contributed by atoms with Crippen molar-refractivity contribution in [2.75, 3.05) is 0 Å². The number of ketones is 1. The van der Waals surface area contributed by atoms with Crippen molar-refractivity contribution < 1.29 is 79.4 Å². The summed E-state index contributed by atoms with van der Waals surface area (Å²) in [6.45, 7) is 1.03. The molecule has 1 aromatic rings. The van der Waals surface area contributed by atoms with Crippen LogP contribution < -0.4 is 0 Å². The molecule has 0 aliphatic heterocycles. The molecule has 1 aromatic heterocycles. The monoisotopic (exact) mass is 542 g/mol. The van der Waals surface area contributed by atoms with Gasteiger partial charge in [0.1, 0.15) is 5.69 Å². The molecule has 0 saturated carbocycles. The second-order valence-electron chi connectivity index (χ2n) is 6.43. The van der Waals surface area contributed by atoms with Crippen molar-refractivity contribution in [1.82, 2.24) is 9.97 Å². The summed E-state index contributed by atoms with van der Waals surface area (Å²) in [5, 5.41) is 0. The predicted octanol–water partition coefficient (Wildman–Crippen LogP) is 6.47. The maximum Gasteiger partial charge on any atom is 0.460 e. The number of nitrogens with zero attached hydrogens (tertiary/aromatic N) is 1. The number of halogens is 17. The number of hydrogen-bond donors (Lipinski definition) is 1. The molecule has 0 unspecified atom stereocenters. The van der Waals surface area contributed by atoms with Crippen LogP contribution in [0.1, 0.15) is 29.7 Å². The van der Waals surface area contributed by atoms with Gasteiger partial charge in [-0.1, -0.05) is 6.92 Å². The van der Waals surface area contributed by atoms with E-state index in [0.29, 0.717) is 0 Å². The smallest absolute Gasteiger partial charge is 0.342 e. The number of carbonyl (C=O) groups is 1. The largest absolute Gasteiger partial charge is 0.460 e. The topological polar surface area (TPSA) is 45.8 Å². The van der Waals surface area contributed by atoms with Gasteiger partial charge in [-0.2, -0.15) is 74.6 Å². The molecule has 1 N–H and O–H groups in total. The van der Waals surface area contributed by atoms with Crippen molar-refractivity contribution in [2.24, 2.45) is 0 Å². The van der Waals surface area contributed by atoms with Crippen LogP contribution in [-0.2, 0) is 5.92 Å². The Bertz CT molecular complexity index is 914. The van der Waals surface area contributed by atoms with Crippen LogP contribution in [0.4, 0.5) is 74.6 Å². The Morgan fingerprint density at radius 2 is 1.03 bits per heavy atom. The molecular weight excluding hydrogens is 535 g/mol. The minimum atomic E-state index is -8.70. The van der Waals surface area contributed by atoms with Crippen LogP contribution >= 0.6 is 0 Å². The Morgan fingerprint density at radius 1 is 0.676 bits per heavy atom. The Labute approximate surface area is 175 Å². The van der Waals surface area contributed by atoms with E-state index in [4.69, 9.17) is 0 Å². The number of imidazole rings is 1. The lowest BCUT2D eigenvalue weighted by atomic mass is 9.88. The highest BCUT2D eigenvalue weighted by Gasteiger charge is 2.95. The Kier molecular flexibility index (Phi) is 6.87. The average molecular weight is 542 g/mol. The molecule has 0 atom stereocenters. The standard InChI is InChI=1S/C14H7F17N2O/c1-2-4(34)6-32-3-5(33-6)7(15,16)8(17,18)9(19,20)10(21,22)11(23,24)12(25,26)13(27,28)14(29,30)31/h3H,2H2,1H3,(H,32,33). The summed E-state index contributed by atoms with van der Waals surface area (Å²) in [5.41, 5.74) is -2.69. The van der Waals surface area contributed by atoms with Crippen LogP contribution in [-0.4, -0.2) is 57.5 Å². The normalized spacial score (nSPS) is 15.6. The fourth-order valence-electron chi connectivity index (χ4n) is 2.12. The van der Waals surface area contributed by atoms with Gasteiger partial charge in [-0.3, -0.25) is 4.79 Å². The van der Waals surface area contributed by atoms with Gasteiger partial charge in [0, 0.05) is 12.6 Å². The van der Waals surface area contributed by atoms with E-state index in [-0.39, 0.29) is 0 Å². The van der Waals surface area contributed by atoms with Crippen LogP contribution in [0.25, 0.3) is 0 Å². The lowest BCUT2D eigenvalue weighted by Gasteiger charge is -2.42. The zero-order chi connectivity index (χ0) is 27.6. The van der Waals surface area contributed by atoms with E-state index in [1.165, 1.54) is 4.98 Å². The summed E-state index contributed by atoms with van der Waals surface area (Å²) in [7, 11) is 0. The summed E-state index contributed by atoms with van der Waals surface area (Å²) in [5.74, 6) is -59.8. The first kappa shape index (κ1) is 29.7. The van der Waals surface area contributed by atoms with Gasteiger partial charge in [0.25, 0.3) is 0 Å². The van der Waals surface area contributed by atoms with Gasteiger partial charge < -0.3 is 4.98 Å². The summed E-state index contributed by atoms with van der Waals surface area (Å²) >= 11 is 0. The Hall–Kier alpha value is -2.31. The molecule has 198 valence electrons. The molecule has 0 aromatic carbocycles. The Morgan fingerprint density at radius 3 is 1.38 bits per heavy atom. The van der Waals surface area contributed by atoms with Crippen LogP contribution in [0.5, 0.6) is 0 Å². The summed E-state index contributed by atoms with van der Waals surface area (Å²) in [6, 6.07) is 0. The van der Waals surface area contributed by atoms with Crippen LogP contribution in [0.3, 0.4) is 0 Å². The zero-order valence-electron chi connectivity index (χ0n) is 15.6. The molecule has 0 fully saturated rings. The van der Waals surface area contributed by atoms with Gasteiger partial charge in [-0.25, -0.2) is 4.98 Å². The number of alkyl halides is 17. The molecule has 1 heterocycles. The fourth-order valence-corrected chi connectivity index (χ4v) is 2.12. The van der Waals surface area contributed by atoms with Crippen LogP contribution in [0.15, 0.2) is 6.20 Å². The number of carbonyl (C=O) groups excluding carboxylic acids is 1.